The number of aliphatic hydroxyl groups is 1. The number of aliphatic hydroxyl groups excluding tert-OH is 1. The largest absolute Gasteiger partial charge is 0.490 e. The summed E-state index contributed by atoms with van der Waals surface area (Å²) in [5, 5.41) is 14.9. The van der Waals surface area contributed by atoms with Gasteiger partial charge in [-0.1, -0.05) is 25.5 Å². The Labute approximate surface area is 193 Å². The first-order valence-corrected chi connectivity index (χ1v) is 11.1. The predicted octanol–water partition coefficient (Wildman–Crippen LogP) is 3.80. The fraction of sp³-hybridized carbons (Fsp3) is 0.320. The number of benzene rings is 1. The van der Waals surface area contributed by atoms with Crippen LogP contribution in [0.4, 0.5) is 0 Å². The van der Waals surface area contributed by atoms with Crippen molar-refractivity contribution in [1.29, 1.82) is 0 Å². The first kappa shape index (κ1) is 22.8. The van der Waals surface area contributed by atoms with Crippen LogP contribution in [0.2, 0.25) is 0 Å². The van der Waals surface area contributed by atoms with Gasteiger partial charge >= 0.3 is 0 Å². The van der Waals surface area contributed by atoms with E-state index in [4.69, 9.17) is 20.2 Å². The number of nitrogens with zero attached hydrogens (tertiary/aromatic N) is 4. The quantitative estimate of drug-likeness (QED) is 0.356. The SMILES string of the molecule is CCCC(N)c1cccc(-c2cc(OCCOC)c3cnn(-c4cccc(CO)n4)c3c2)n1. The van der Waals surface area contributed by atoms with Gasteiger partial charge in [-0.15, -0.1) is 0 Å². The number of hydrogen-bond donors (Lipinski definition) is 2. The van der Waals surface area contributed by atoms with Crippen molar-refractivity contribution in [1.82, 2.24) is 19.7 Å². The fourth-order valence-corrected chi connectivity index (χ4v) is 3.73. The number of nitrogens with two attached hydrogens (primary N) is 1. The van der Waals surface area contributed by atoms with Crippen LogP contribution in [0.25, 0.3) is 28.0 Å². The Morgan fingerprint density at radius 1 is 1.09 bits per heavy atom. The van der Waals surface area contributed by atoms with Crippen molar-refractivity contribution in [3.8, 4) is 22.8 Å². The number of aromatic nitrogens is 4. The van der Waals surface area contributed by atoms with E-state index in [-0.39, 0.29) is 12.6 Å². The van der Waals surface area contributed by atoms with E-state index in [1.165, 1.54) is 0 Å². The lowest BCUT2D eigenvalue weighted by Crippen LogP contribution is -2.11. The summed E-state index contributed by atoms with van der Waals surface area (Å²) in [4.78, 5) is 9.34. The molecule has 0 aliphatic rings. The van der Waals surface area contributed by atoms with Crippen molar-refractivity contribution in [3.05, 3.63) is 66.1 Å². The summed E-state index contributed by atoms with van der Waals surface area (Å²) in [6, 6.07) is 15.3. The van der Waals surface area contributed by atoms with Gasteiger partial charge in [0, 0.05) is 18.7 Å². The standard InChI is InChI=1S/C25H29N5O3/c1-3-6-20(26)22-9-5-8-21(29-22)17-13-23-19(24(14-17)33-12-11-32-2)15-27-30(23)25-10-4-7-18(16-31)28-25/h4-5,7-10,13-15,20,31H,3,6,11-12,16,26H2,1-2H3. The predicted molar refractivity (Wildman–Crippen MR) is 127 cm³/mol. The third kappa shape index (κ3) is 5.03. The molecule has 0 bridgehead atoms. The van der Waals surface area contributed by atoms with Gasteiger partial charge in [0.1, 0.15) is 12.4 Å². The van der Waals surface area contributed by atoms with Crippen LogP contribution in [0, 0.1) is 0 Å². The molecular weight excluding hydrogens is 418 g/mol. The molecule has 1 unspecified atom stereocenters. The minimum absolute atomic E-state index is 0.105. The highest BCUT2D eigenvalue weighted by molar-refractivity contribution is 5.90. The summed E-state index contributed by atoms with van der Waals surface area (Å²) in [5.41, 5.74) is 10.3. The molecule has 0 fully saturated rings. The summed E-state index contributed by atoms with van der Waals surface area (Å²) in [6.07, 6.45) is 3.63. The second-order valence-corrected chi connectivity index (χ2v) is 7.79. The number of methoxy groups -OCH3 is 1. The monoisotopic (exact) mass is 447 g/mol. The zero-order valence-electron chi connectivity index (χ0n) is 18.9. The Hall–Kier alpha value is -3.33. The van der Waals surface area contributed by atoms with E-state index in [2.05, 4.69) is 17.0 Å². The normalized spacial score (nSPS) is 12.2. The Bertz CT molecular complexity index is 1220. The maximum absolute atomic E-state index is 9.50. The molecule has 0 amide bonds. The van der Waals surface area contributed by atoms with E-state index < -0.39 is 0 Å². The fourth-order valence-electron chi connectivity index (χ4n) is 3.73. The van der Waals surface area contributed by atoms with E-state index in [0.29, 0.717) is 30.5 Å². The number of ether oxygens (including phenoxy) is 2. The maximum Gasteiger partial charge on any atom is 0.154 e. The molecule has 3 aromatic heterocycles. The Morgan fingerprint density at radius 2 is 1.94 bits per heavy atom. The van der Waals surface area contributed by atoms with Crippen LogP contribution in [0.5, 0.6) is 5.75 Å². The second kappa shape index (κ2) is 10.5. The van der Waals surface area contributed by atoms with Crippen molar-refractivity contribution in [2.45, 2.75) is 32.4 Å². The highest BCUT2D eigenvalue weighted by atomic mass is 16.5. The average molecular weight is 448 g/mol. The van der Waals surface area contributed by atoms with Crippen molar-refractivity contribution < 1.29 is 14.6 Å². The molecule has 8 heteroatoms. The van der Waals surface area contributed by atoms with Gasteiger partial charge < -0.3 is 20.3 Å². The third-order valence-electron chi connectivity index (χ3n) is 5.41. The van der Waals surface area contributed by atoms with Crippen LogP contribution in [-0.2, 0) is 11.3 Å². The van der Waals surface area contributed by atoms with E-state index in [1.807, 2.05) is 42.5 Å². The minimum atomic E-state index is -0.140. The molecule has 0 saturated heterocycles. The highest BCUT2D eigenvalue weighted by Gasteiger charge is 2.16. The molecular formula is C25H29N5O3. The Morgan fingerprint density at radius 3 is 2.73 bits per heavy atom. The molecule has 8 nitrogen and oxygen atoms in total. The van der Waals surface area contributed by atoms with Gasteiger partial charge in [-0.25, -0.2) is 9.67 Å². The van der Waals surface area contributed by atoms with Gasteiger partial charge in [0.2, 0.25) is 0 Å². The number of hydrogen-bond acceptors (Lipinski definition) is 7. The summed E-state index contributed by atoms with van der Waals surface area (Å²) < 4.78 is 12.9. The Kier molecular flexibility index (Phi) is 7.29. The molecule has 1 aromatic carbocycles. The first-order chi connectivity index (χ1) is 16.1. The first-order valence-electron chi connectivity index (χ1n) is 11.1. The van der Waals surface area contributed by atoms with Crippen molar-refractivity contribution in [2.75, 3.05) is 20.3 Å². The van der Waals surface area contributed by atoms with E-state index in [0.717, 1.165) is 40.7 Å². The molecule has 3 heterocycles. The molecule has 0 aliphatic carbocycles. The van der Waals surface area contributed by atoms with Gasteiger partial charge in [-0.2, -0.15) is 5.10 Å². The lowest BCUT2D eigenvalue weighted by Gasteiger charge is -2.13. The van der Waals surface area contributed by atoms with Gasteiger partial charge in [-0.3, -0.25) is 4.98 Å². The van der Waals surface area contributed by atoms with Crippen LogP contribution in [0.3, 0.4) is 0 Å². The Balaban J connectivity index is 1.84. The number of pyridine rings is 2. The van der Waals surface area contributed by atoms with Gasteiger partial charge in [0.05, 0.1) is 47.4 Å². The molecule has 0 aliphatic heterocycles. The van der Waals surface area contributed by atoms with Gasteiger partial charge in [0.25, 0.3) is 0 Å². The van der Waals surface area contributed by atoms with Crippen LogP contribution < -0.4 is 10.5 Å². The van der Waals surface area contributed by atoms with E-state index in [9.17, 15) is 5.11 Å². The summed E-state index contributed by atoms with van der Waals surface area (Å²) >= 11 is 0. The molecule has 0 spiro atoms. The second-order valence-electron chi connectivity index (χ2n) is 7.79. The van der Waals surface area contributed by atoms with Gasteiger partial charge in [0.15, 0.2) is 5.82 Å². The average Bonchev–Trinajstić information content (AvgIpc) is 3.29. The molecule has 33 heavy (non-hydrogen) atoms. The van der Waals surface area contributed by atoms with Crippen LogP contribution in [0.1, 0.15) is 37.2 Å². The molecule has 0 radical (unpaired) electrons. The van der Waals surface area contributed by atoms with E-state index >= 15 is 0 Å². The van der Waals surface area contributed by atoms with E-state index in [1.54, 1.807) is 24.1 Å². The van der Waals surface area contributed by atoms with Crippen LogP contribution >= 0.6 is 0 Å². The zero-order chi connectivity index (χ0) is 23.2. The molecule has 4 aromatic rings. The minimum Gasteiger partial charge on any atom is -0.490 e. The van der Waals surface area contributed by atoms with Gasteiger partial charge in [-0.05, 0) is 42.8 Å². The van der Waals surface area contributed by atoms with Crippen LogP contribution in [0.15, 0.2) is 54.7 Å². The molecule has 172 valence electrons. The molecule has 3 N–H and O–H groups in total. The summed E-state index contributed by atoms with van der Waals surface area (Å²) in [7, 11) is 1.64. The topological polar surface area (TPSA) is 108 Å². The third-order valence-corrected chi connectivity index (χ3v) is 5.41. The summed E-state index contributed by atoms with van der Waals surface area (Å²) in [6.45, 7) is 2.85. The maximum atomic E-state index is 9.50. The lowest BCUT2D eigenvalue weighted by atomic mass is 10.1. The lowest BCUT2D eigenvalue weighted by molar-refractivity contribution is 0.147. The molecule has 0 saturated carbocycles. The van der Waals surface area contributed by atoms with Crippen molar-refractivity contribution in [2.24, 2.45) is 5.73 Å². The number of rotatable bonds is 10. The summed E-state index contributed by atoms with van der Waals surface area (Å²) in [5.74, 6) is 1.30. The molecule has 4 rings (SSSR count). The van der Waals surface area contributed by atoms with Crippen LogP contribution in [-0.4, -0.2) is 45.2 Å². The number of fused-ring (bicyclic) bond motifs is 1. The van der Waals surface area contributed by atoms with Crippen molar-refractivity contribution in [3.63, 3.8) is 0 Å². The smallest absolute Gasteiger partial charge is 0.154 e. The van der Waals surface area contributed by atoms with Crippen molar-refractivity contribution >= 4 is 10.9 Å². The molecule has 1 atom stereocenters. The zero-order valence-corrected chi connectivity index (χ0v) is 18.9. The highest BCUT2D eigenvalue weighted by Crippen LogP contribution is 2.33.